The molecule has 1 aliphatic carbocycles. The topological polar surface area (TPSA) is 85.2 Å². The largest absolute Gasteiger partial charge is 0.239 e. The molecule has 0 bridgehead atoms. The van der Waals surface area contributed by atoms with E-state index in [2.05, 4.69) is 62.8 Å². The smallest absolute Gasteiger partial charge is 0.180 e. The molecule has 2 aromatic carbocycles. The minimum Gasteiger partial charge on any atom is -0.239 e. The predicted octanol–water partition coefficient (Wildman–Crippen LogP) is 4.79. The van der Waals surface area contributed by atoms with Crippen LogP contribution in [-0.4, -0.2) is 35.4 Å². The Morgan fingerprint density at radius 3 is 2.52 bits per heavy atom. The molecule has 0 saturated heterocycles. The molecule has 2 aromatic heterocycles. The second-order valence-electron chi connectivity index (χ2n) is 8.47. The first-order chi connectivity index (χ1) is 16.3. The van der Waals surface area contributed by atoms with Crippen molar-refractivity contribution in [1.82, 2.24) is 35.4 Å². The zero-order valence-electron chi connectivity index (χ0n) is 18.8. The normalized spacial score (nSPS) is 14.1. The molecule has 166 valence electrons. The van der Waals surface area contributed by atoms with Crippen LogP contribution in [0.4, 0.5) is 0 Å². The molecule has 7 nitrogen and oxygen atoms in total. The SMILES string of the molecule is CC#CCn1nc(C2CCCCC2)nc1Cc1ccc(-c2ccccc2-c2nnn[nH]2)cc1. The van der Waals surface area contributed by atoms with Gasteiger partial charge in [0.15, 0.2) is 11.6 Å². The summed E-state index contributed by atoms with van der Waals surface area (Å²) >= 11 is 0. The lowest BCUT2D eigenvalue weighted by Crippen LogP contribution is -2.07. The molecule has 0 spiro atoms. The number of H-pyrrole nitrogens is 1. The van der Waals surface area contributed by atoms with Crippen molar-refractivity contribution in [2.45, 2.75) is 57.9 Å². The van der Waals surface area contributed by atoms with Crippen molar-refractivity contribution in [3.8, 4) is 34.4 Å². The van der Waals surface area contributed by atoms with Gasteiger partial charge in [0.25, 0.3) is 0 Å². The van der Waals surface area contributed by atoms with Crippen LogP contribution in [0.2, 0.25) is 0 Å². The fraction of sp³-hybridized carbons (Fsp3) is 0.346. The van der Waals surface area contributed by atoms with Crippen LogP contribution in [0.5, 0.6) is 0 Å². The Hall–Kier alpha value is -3.79. The lowest BCUT2D eigenvalue weighted by molar-refractivity contribution is 0.427. The standard InChI is InChI=1S/C26H27N7/c1-2-3-17-33-24(27-25(30-33)21-9-5-4-6-10-21)18-19-13-15-20(16-14-19)22-11-7-8-12-23(22)26-28-31-32-29-26/h7-8,11-16,21H,4-6,9-10,17-18H2,1H3,(H,28,29,31,32). The maximum Gasteiger partial charge on any atom is 0.180 e. The van der Waals surface area contributed by atoms with Gasteiger partial charge in [0.05, 0.1) is 0 Å². The molecule has 7 heteroatoms. The maximum atomic E-state index is 4.97. The van der Waals surface area contributed by atoms with Crippen LogP contribution in [0.15, 0.2) is 48.5 Å². The zero-order valence-corrected chi connectivity index (χ0v) is 18.8. The van der Waals surface area contributed by atoms with Crippen LogP contribution in [0.1, 0.15) is 62.2 Å². The first-order valence-corrected chi connectivity index (χ1v) is 11.6. The van der Waals surface area contributed by atoms with E-state index < -0.39 is 0 Å². The van der Waals surface area contributed by atoms with Crippen molar-refractivity contribution in [2.75, 3.05) is 0 Å². The molecule has 0 aliphatic heterocycles. The van der Waals surface area contributed by atoms with Crippen LogP contribution in [0.25, 0.3) is 22.5 Å². The van der Waals surface area contributed by atoms with Gasteiger partial charge in [-0.15, -0.1) is 11.0 Å². The third kappa shape index (κ3) is 4.70. The maximum absolute atomic E-state index is 4.97. The Morgan fingerprint density at radius 2 is 1.79 bits per heavy atom. The molecule has 0 amide bonds. The summed E-state index contributed by atoms with van der Waals surface area (Å²) in [6.07, 6.45) is 7.00. The highest BCUT2D eigenvalue weighted by molar-refractivity contribution is 5.80. The number of benzene rings is 2. The van der Waals surface area contributed by atoms with Gasteiger partial charge in [-0.2, -0.15) is 5.10 Å². The Labute approximate surface area is 193 Å². The quantitative estimate of drug-likeness (QED) is 0.439. The van der Waals surface area contributed by atoms with E-state index in [0.717, 1.165) is 34.8 Å². The lowest BCUT2D eigenvalue weighted by Gasteiger charge is -2.18. The van der Waals surface area contributed by atoms with Crippen molar-refractivity contribution in [3.63, 3.8) is 0 Å². The number of nitrogens with one attached hydrogen (secondary N) is 1. The first kappa shape index (κ1) is 21.1. The molecule has 1 N–H and O–H groups in total. The highest BCUT2D eigenvalue weighted by atomic mass is 15.5. The third-order valence-corrected chi connectivity index (χ3v) is 6.30. The Balaban J connectivity index is 1.39. The highest BCUT2D eigenvalue weighted by Gasteiger charge is 2.21. The van der Waals surface area contributed by atoms with E-state index in [0.29, 0.717) is 18.3 Å². The molecule has 0 unspecified atom stereocenters. The fourth-order valence-electron chi connectivity index (χ4n) is 4.54. The van der Waals surface area contributed by atoms with E-state index in [1.54, 1.807) is 0 Å². The number of nitrogens with zero attached hydrogens (tertiary/aromatic N) is 6. The Kier molecular flexibility index (Phi) is 6.25. The van der Waals surface area contributed by atoms with Crippen LogP contribution < -0.4 is 0 Å². The van der Waals surface area contributed by atoms with Crippen molar-refractivity contribution >= 4 is 0 Å². The van der Waals surface area contributed by atoms with Crippen molar-refractivity contribution in [1.29, 1.82) is 0 Å². The molecule has 1 aliphatic rings. The van der Waals surface area contributed by atoms with Gasteiger partial charge in [0.2, 0.25) is 0 Å². The number of aromatic nitrogens is 7. The Bertz CT molecular complexity index is 1250. The summed E-state index contributed by atoms with van der Waals surface area (Å²) in [4.78, 5) is 4.97. The van der Waals surface area contributed by atoms with Gasteiger partial charge in [0.1, 0.15) is 12.4 Å². The summed E-state index contributed by atoms with van der Waals surface area (Å²) in [6, 6.07) is 16.7. The van der Waals surface area contributed by atoms with Crippen LogP contribution in [0.3, 0.4) is 0 Å². The van der Waals surface area contributed by atoms with Crippen LogP contribution in [-0.2, 0) is 13.0 Å². The van der Waals surface area contributed by atoms with Crippen molar-refractivity contribution < 1.29 is 0 Å². The molecule has 33 heavy (non-hydrogen) atoms. The second kappa shape index (κ2) is 9.78. The van der Waals surface area contributed by atoms with E-state index in [4.69, 9.17) is 10.1 Å². The average molecular weight is 438 g/mol. The molecule has 1 saturated carbocycles. The second-order valence-corrected chi connectivity index (χ2v) is 8.47. The zero-order chi connectivity index (χ0) is 22.5. The van der Waals surface area contributed by atoms with E-state index in [1.165, 1.54) is 37.7 Å². The monoisotopic (exact) mass is 437 g/mol. The molecule has 5 rings (SSSR count). The Morgan fingerprint density at radius 1 is 1.00 bits per heavy atom. The summed E-state index contributed by atoms with van der Waals surface area (Å²) in [7, 11) is 0. The van der Waals surface area contributed by atoms with Crippen molar-refractivity contribution in [2.24, 2.45) is 0 Å². The summed E-state index contributed by atoms with van der Waals surface area (Å²) in [6.45, 7) is 2.45. The average Bonchev–Trinajstić information content (AvgIpc) is 3.54. The molecule has 0 atom stereocenters. The molecule has 1 fully saturated rings. The van der Waals surface area contributed by atoms with Gasteiger partial charge < -0.3 is 0 Å². The van der Waals surface area contributed by atoms with Gasteiger partial charge >= 0.3 is 0 Å². The minimum atomic E-state index is 0.484. The van der Waals surface area contributed by atoms with Crippen LogP contribution in [0, 0.1) is 11.8 Å². The van der Waals surface area contributed by atoms with Gasteiger partial charge in [-0.25, -0.2) is 14.8 Å². The van der Waals surface area contributed by atoms with Crippen LogP contribution >= 0.6 is 0 Å². The minimum absolute atomic E-state index is 0.484. The first-order valence-electron chi connectivity index (χ1n) is 11.6. The summed E-state index contributed by atoms with van der Waals surface area (Å²) in [5.74, 6) is 9.26. The van der Waals surface area contributed by atoms with Gasteiger partial charge in [-0.05, 0) is 46.9 Å². The molecular weight excluding hydrogens is 410 g/mol. The summed E-state index contributed by atoms with van der Waals surface area (Å²) < 4.78 is 1.99. The van der Waals surface area contributed by atoms with E-state index in [1.807, 2.05) is 29.8 Å². The fourth-order valence-corrected chi connectivity index (χ4v) is 4.54. The number of hydrogen-bond donors (Lipinski definition) is 1. The van der Waals surface area contributed by atoms with E-state index >= 15 is 0 Å². The van der Waals surface area contributed by atoms with E-state index in [-0.39, 0.29) is 0 Å². The number of aromatic amines is 1. The number of tetrazole rings is 1. The molecule has 4 aromatic rings. The summed E-state index contributed by atoms with van der Waals surface area (Å²) in [5.41, 5.74) is 4.38. The molecule has 0 radical (unpaired) electrons. The number of hydrogen-bond acceptors (Lipinski definition) is 5. The predicted molar refractivity (Wildman–Crippen MR) is 127 cm³/mol. The van der Waals surface area contributed by atoms with Gasteiger partial charge in [-0.1, -0.05) is 73.7 Å². The van der Waals surface area contributed by atoms with Crippen molar-refractivity contribution in [3.05, 3.63) is 65.7 Å². The van der Waals surface area contributed by atoms with Gasteiger partial charge in [-0.3, -0.25) is 0 Å². The lowest BCUT2D eigenvalue weighted by atomic mass is 9.89. The molecule has 2 heterocycles. The molecular formula is C26H27N7. The highest BCUT2D eigenvalue weighted by Crippen LogP contribution is 2.32. The number of rotatable bonds is 6. The van der Waals surface area contributed by atoms with E-state index in [9.17, 15) is 0 Å². The summed E-state index contributed by atoms with van der Waals surface area (Å²) in [5, 5.41) is 19.2. The van der Waals surface area contributed by atoms with Gasteiger partial charge in [0, 0.05) is 17.9 Å². The third-order valence-electron chi connectivity index (χ3n) is 6.30.